The molecule has 0 fully saturated rings. The molecule has 8 heteroatoms. The van der Waals surface area contributed by atoms with Gasteiger partial charge in [-0.2, -0.15) is 0 Å². The van der Waals surface area contributed by atoms with Crippen LogP contribution in [-0.2, 0) is 6.42 Å². The normalized spacial score (nSPS) is 10.9. The highest BCUT2D eigenvalue weighted by Gasteiger charge is 2.24. The fourth-order valence-corrected chi connectivity index (χ4v) is 3.33. The second-order valence-electron chi connectivity index (χ2n) is 6.99. The Morgan fingerprint density at radius 3 is 2.63 bits per heavy atom. The SMILES string of the molecule is Cc1ccc(Cc2nnc(NC(=O)c3c(-c4ccccc4Cl)noc3C)o2)cc1C. The van der Waals surface area contributed by atoms with E-state index in [9.17, 15) is 4.79 Å². The molecule has 7 nitrogen and oxygen atoms in total. The van der Waals surface area contributed by atoms with E-state index >= 15 is 0 Å². The van der Waals surface area contributed by atoms with Crippen LogP contribution in [0.5, 0.6) is 0 Å². The van der Waals surface area contributed by atoms with Crippen molar-refractivity contribution >= 4 is 23.5 Å². The summed E-state index contributed by atoms with van der Waals surface area (Å²) in [6.45, 7) is 5.76. The number of nitrogens with one attached hydrogen (secondary N) is 1. The largest absolute Gasteiger partial charge is 0.407 e. The van der Waals surface area contributed by atoms with Crippen molar-refractivity contribution in [2.75, 3.05) is 5.32 Å². The average Bonchev–Trinajstić information content (AvgIpc) is 3.31. The number of carbonyl (C=O) groups is 1. The summed E-state index contributed by atoms with van der Waals surface area (Å²) >= 11 is 6.25. The van der Waals surface area contributed by atoms with E-state index in [0.29, 0.717) is 34.4 Å². The van der Waals surface area contributed by atoms with E-state index in [1.807, 2.05) is 12.1 Å². The van der Waals surface area contributed by atoms with Crippen molar-refractivity contribution in [3.8, 4) is 11.3 Å². The topological polar surface area (TPSA) is 94.1 Å². The number of hydrogen-bond acceptors (Lipinski definition) is 6. The van der Waals surface area contributed by atoms with Crippen LogP contribution in [0.15, 0.2) is 51.4 Å². The minimum absolute atomic E-state index is 0.00421. The molecule has 1 N–H and O–H groups in total. The fourth-order valence-electron chi connectivity index (χ4n) is 3.10. The summed E-state index contributed by atoms with van der Waals surface area (Å²) in [4.78, 5) is 12.9. The molecule has 2 aromatic carbocycles. The van der Waals surface area contributed by atoms with Crippen molar-refractivity contribution < 1.29 is 13.7 Å². The zero-order chi connectivity index (χ0) is 21.3. The van der Waals surface area contributed by atoms with Crippen LogP contribution >= 0.6 is 11.6 Å². The summed E-state index contributed by atoms with van der Waals surface area (Å²) in [6.07, 6.45) is 0.473. The molecule has 0 aliphatic carbocycles. The molecule has 30 heavy (non-hydrogen) atoms. The Morgan fingerprint density at radius 1 is 1.07 bits per heavy atom. The lowest BCUT2D eigenvalue weighted by molar-refractivity contribution is 0.102. The predicted molar refractivity (Wildman–Crippen MR) is 113 cm³/mol. The third kappa shape index (κ3) is 3.97. The van der Waals surface area contributed by atoms with Crippen LogP contribution in [0.4, 0.5) is 6.01 Å². The van der Waals surface area contributed by atoms with Gasteiger partial charge >= 0.3 is 6.01 Å². The van der Waals surface area contributed by atoms with Crippen LogP contribution in [0.2, 0.25) is 5.02 Å². The predicted octanol–water partition coefficient (Wildman–Crippen LogP) is 5.15. The maximum Gasteiger partial charge on any atom is 0.322 e. The Hall–Kier alpha value is -3.45. The first-order valence-electron chi connectivity index (χ1n) is 9.33. The molecule has 1 amide bonds. The Balaban J connectivity index is 1.54. The molecule has 0 saturated carbocycles. The van der Waals surface area contributed by atoms with E-state index in [4.69, 9.17) is 20.5 Å². The molecule has 0 bridgehead atoms. The molecule has 0 unspecified atom stereocenters. The quantitative estimate of drug-likeness (QED) is 0.478. The first-order chi connectivity index (χ1) is 14.4. The molecular formula is C22H19ClN4O3. The number of carbonyl (C=O) groups excluding carboxylic acids is 1. The van der Waals surface area contributed by atoms with Gasteiger partial charge in [0.2, 0.25) is 5.89 Å². The molecular weight excluding hydrogens is 404 g/mol. The number of anilines is 1. The van der Waals surface area contributed by atoms with Gasteiger partial charge in [-0.05, 0) is 43.5 Å². The molecule has 0 atom stereocenters. The number of hydrogen-bond donors (Lipinski definition) is 1. The van der Waals surface area contributed by atoms with Crippen LogP contribution in [0.1, 0.15) is 38.7 Å². The first kappa shape index (κ1) is 19.8. The summed E-state index contributed by atoms with van der Waals surface area (Å²) < 4.78 is 10.8. The van der Waals surface area contributed by atoms with E-state index in [0.717, 1.165) is 5.56 Å². The standard InChI is InChI=1S/C22H19ClN4O3/c1-12-8-9-15(10-13(12)2)11-18-25-26-22(29-18)24-21(28)19-14(3)30-27-20(19)16-6-4-5-7-17(16)23/h4-10H,11H2,1-3H3,(H,24,26,28). The minimum Gasteiger partial charge on any atom is -0.407 e. The van der Waals surface area contributed by atoms with Crippen molar-refractivity contribution in [3.63, 3.8) is 0 Å². The highest BCUT2D eigenvalue weighted by atomic mass is 35.5. The van der Waals surface area contributed by atoms with Gasteiger partial charge in [-0.15, -0.1) is 5.10 Å². The van der Waals surface area contributed by atoms with E-state index < -0.39 is 5.91 Å². The monoisotopic (exact) mass is 422 g/mol. The van der Waals surface area contributed by atoms with Crippen LogP contribution in [0, 0.1) is 20.8 Å². The molecule has 2 aromatic heterocycles. The molecule has 2 heterocycles. The Kier molecular flexibility index (Phi) is 5.37. The van der Waals surface area contributed by atoms with E-state index in [-0.39, 0.29) is 11.6 Å². The third-order valence-corrected chi connectivity index (χ3v) is 5.16. The summed E-state index contributed by atoms with van der Waals surface area (Å²) in [5, 5.41) is 15.0. The summed E-state index contributed by atoms with van der Waals surface area (Å²) in [5.41, 5.74) is 4.67. The Morgan fingerprint density at radius 2 is 1.87 bits per heavy atom. The van der Waals surface area contributed by atoms with Crippen LogP contribution < -0.4 is 5.32 Å². The van der Waals surface area contributed by atoms with Crippen molar-refractivity contribution in [3.05, 3.63) is 81.4 Å². The van der Waals surface area contributed by atoms with E-state index in [1.54, 1.807) is 25.1 Å². The van der Waals surface area contributed by atoms with Crippen molar-refractivity contribution in [1.82, 2.24) is 15.4 Å². The molecule has 0 radical (unpaired) electrons. The first-order valence-corrected chi connectivity index (χ1v) is 9.71. The van der Waals surface area contributed by atoms with Crippen LogP contribution in [0.3, 0.4) is 0 Å². The molecule has 0 spiro atoms. The lowest BCUT2D eigenvalue weighted by Crippen LogP contribution is -2.13. The number of halogens is 1. The highest BCUT2D eigenvalue weighted by molar-refractivity contribution is 6.33. The zero-order valence-corrected chi connectivity index (χ0v) is 17.4. The lowest BCUT2D eigenvalue weighted by Gasteiger charge is -2.04. The van der Waals surface area contributed by atoms with Gasteiger partial charge in [0.25, 0.3) is 5.91 Å². The average molecular weight is 423 g/mol. The van der Waals surface area contributed by atoms with Gasteiger partial charge in [-0.3, -0.25) is 10.1 Å². The number of amides is 1. The number of aromatic nitrogens is 3. The van der Waals surface area contributed by atoms with Crippen molar-refractivity contribution in [2.24, 2.45) is 0 Å². The second-order valence-corrected chi connectivity index (χ2v) is 7.40. The Labute approximate surface area is 178 Å². The summed E-state index contributed by atoms with van der Waals surface area (Å²) in [5.74, 6) is 0.296. The molecule has 0 saturated heterocycles. The summed E-state index contributed by atoms with van der Waals surface area (Å²) in [6, 6.07) is 13.2. The maximum absolute atomic E-state index is 12.9. The molecule has 0 aliphatic rings. The van der Waals surface area contributed by atoms with Crippen molar-refractivity contribution in [2.45, 2.75) is 27.2 Å². The molecule has 4 aromatic rings. The van der Waals surface area contributed by atoms with Gasteiger partial charge in [-0.1, -0.05) is 58.3 Å². The molecule has 0 aliphatic heterocycles. The fraction of sp³-hybridized carbons (Fsp3) is 0.182. The van der Waals surface area contributed by atoms with Gasteiger partial charge in [0, 0.05) is 5.56 Å². The zero-order valence-electron chi connectivity index (χ0n) is 16.7. The highest BCUT2D eigenvalue weighted by Crippen LogP contribution is 2.31. The number of benzene rings is 2. The van der Waals surface area contributed by atoms with Gasteiger partial charge in [0.1, 0.15) is 17.0 Å². The number of nitrogens with zero attached hydrogens (tertiary/aromatic N) is 3. The van der Waals surface area contributed by atoms with Crippen molar-refractivity contribution in [1.29, 1.82) is 0 Å². The minimum atomic E-state index is -0.468. The summed E-state index contributed by atoms with van der Waals surface area (Å²) in [7, 11) is 0. The van der Waals surface area contributed by atoms with E-state index in [1.165, 1.54) is 11.1 Å². The van der Waals surface area contributed by atoms with E-state index in [2.05, 4.69) is 46.7 Å². The third-order valence-electron chi connectivity index (χ3n) is 4.83. The van der Waals surface area contributed by atoms with Gasteiger partial charge in [0.15, 0.2) is 0 Å². The van der Waals surface area contributed by atoms with Gasteiger partial charge in [-0.25, -0.2) is 0 Å². The van der Waals surface area contributed by atoms with Gasteiger partial charge in [0.05, 0.1) is 11.4 Å². The van der Waals surface area contributed by atoms with Crippen LogP contribution in [0.25, 0.3) is 11.3 Å². The smallest absolute Gasteiger partial charge is 0.322 e. The molecule has 4 rings (SSSR count). The van der Waals surface area contributed by atoms with Crippen LogP contribution in [-0.4, -0.2) is 21.3 Å². The second kappa shape index (κ2) is 8.12. The maximum atomic E-state index is 12.9. The lowest BCUT2D eigenvalue weighted by atomic mass is 10.0. The number of aryl methyl sites for hydroxylation is 3. The van der Waals surface area contributed by atoms with Gasteiger partial charge < -0.3 is 8.94 Å². The molecule has 152 valence electrons. The number of rotatable bonds is 5. The Bertz CT molecular complexity index is 1230.